The molecule has 2 aromatic rings. The first-order valence-corrected chi connectivity index (χ1v) is 7.39. The van der Waals surface area contributed by atoms with Crippen molar-refractivity contribution < 1.29 is 14.6 Å². The summed E-state index contributed by atoms with van der Waals surface area (Å²) in [6.07, 6.45) is -0.0527. The van der Waals surface area contributed by atoms with Crippen LogP contribution in [-0.2, 0) is 21.5 Å². The molecular formula is C17H20N4O3. The molecule has 0 aliphatic carbocycles. The summed E-state index contributed by atoms with van der Waals surface area (Å²) in [7, 11) is 1.59. The highest BCUT2D eigenvalue weighted by Crippen LogP contribution is 2.30. The molecule has 7 nitrogen and oxygen atoms in total. The lowest BCUT2D eigenvalue weighted by atomic mass is 10.0. The van der Waals surface area contributed by atoms with Crippen LogP contribution in [0.3, 0.4) is 0 Å². The van der Waals surface area contributed by atoms with Gasteiger partial charge in [-0.2, -0.15) is 10.4 Å². The van der Waals surface area contributed by atoms with Crippen molar-refractivity contribution in [3.8, 4) is 17.3 Å². The second-order valence-corrected chi connectivity index (χ2v) is 6.15. The minimum Gasteiger partial charge on any atom is -0.481 e. The monoisotopic (exact) mass is 328 g/mol. The first-order valence-electron chi connectivity index (χ1n) is 7.39. The quantitative estimate of drug-likeness (QED) is 0.838. The Bertz CT molecular complexity index is 785. The number of nitrogens with zero attached hydrogens (tertiary/aromatic N) is 3. The first-order chi connectivity index (χ1) is 11.3. The lowest BCUT2D eigenvalue weighted by Crippen LogP contribution is -2.33. The van der Waals surface area contributed by atoms with Gasteiger partial charge in [-0.3, -0.25) is 4.79 Å². The minimum atomic E-state index is -0.893. The Hall–Kier alpha value is -2.85. The van der Waals surface area contributed by atoms with Gasteiger partial charge in [0.15, 0.2) is 0 Å². The lowest BCUT2D eigenvalue weighted by Gasteiger charge is -2.25. The van der Waals surface area contributed by atoms with Crippen molar-refractivity contribution in [3.63, 3.8) is 0 Å². The summed E-state index contributed by atoms with van der Waals surface area (Å²) in [6.45, 7) is 4.22. The van der Waals surface area contributed by atoms with Crippen molar-refractivity contribution in [2.24, 2.45) is 0 Å². The van der Waals surface area contributed by atoms with E-state index in [2.05, 4.69) is 11.2 Å². The van der Waals surface area contributed by atoms with Crippen molar-refractivity contribution in [1.29, 1.82) is 5.26 Å². The average Bonchev–Trinajstić information content (AvgIpc) is 2.85. The molecule has 0 atom stereocenters. The van der Waals surface area contributed by atoms with Crippen molar-refractivity contribution in [2.75, 3.05) is 19.5 Å². The summed E-state index contributed by atoms with van der Waals surface area (Å²) in [5, 5.41) is 22.8. The number of nitrogens with two attached hydrogens (primary N) is 1. The van der Waals surface area contributed by atoms with Gasteiger partial charge in [0.05, 0.1) is 18.6 Å². The summed E-state index contributed by atoms with van der Waals surface area (Å²) in [4.78, 5) is 10.8. The number of nitrogen functional groups attached to an aromatic ring is 1. The molecule has 2 rings (SSSR count). The molecule has 0 spiro atoms. The Morgan fingerprint density at radius 3 is 2.54 bits per heavy atom. The van der Waals surface area contributed by atoms with Crippen molar-refractivity contribution in [3.05, 3.63) is 35.4 Å². The third kappa shape index (κ3) is 3.39. The summed E-state index contributed by atoms with van der Waals surface area (Å²) >= 11 is 0. The van der Waals surface area contributed by atoms with Crippen LogP contribution in [0.4, 0.5) is 5.82 Å². The molecule has 1 aromatic heterocycles. The summed E-state index contributed by atoms with van der Waals surface area (Å²) in [6, 6.07) is 9.01. The Morgan fingerprint density at radius 1 is 1.42 bits per heavy atom. The minimum absolute atomic E-state index is 0.0527. The number of aliphatic carboxylic acids is 1. The van der Waals surface area contributed by atoms with Gasteiger partial charge < -0.3 is 15.6 Å². The summed E-state index contributed by atoms with van der Waals surface area (Å²) in [5.74, 6) is -0.612. The van der Waals surface area contributed by atoms with Gasteiger partial charge >= 0.3 is 5.97 Å². The number of carbonyl (C=O) groups is 1. The van der Waals surface area contributed by atoms with Crippen molar-refractivity contribution in [2.45, 2.75) is 25.8 Å². The van der Waals surface area contributed by atoms with Gasteiger partial charge in [0, 0.05) is 12.7 Å². The molecule has 0 saturated carbocycles. The zero-order valence-corrected chi connectivity index (χ0v) is 13.9. The van der Waals surface area contributed by atoms with E-state index < -0.39 is 11.5 Å². The molecule has 126 valence electrons. The zero-order chi connectivity index (χ0) is 17.9. The van der Waals surface area contributed by atoms with Crippen molar-refractivity contribution in [1.82, 2.24) is 9.78 Å². The van der Waals surface area contributed by atoms with Crippen LogP contribution in [-0.4, -0.2) is 34.6 Å². The Labute approximate surface area is 140 Å². The molecule has 0 radical (unpaired) electrons. The molecule has 0 aliphatic heterocycles. The van der Waals surface area contributed by atoms with Gasteiger partial charge in [0.1, 0.15) is 23.1 Å². The number of benzene rings is 1. The van der Waals surface area contributed by atoms with Crippen LogP contribution >= 0.6 is 0 Å². The van der Waals surface area contributed by atoms with Crippen LogP contribution in [0.2, 0.25) is 0 Å². The number of ether oxygens (including phenoxy) is 1. The maximum absolute atomic E-state index is 10.8. The second kappa shape index (κ2) is 6.72. The highest BCUT2D eigenvalue weighted by molar-refractivity contribution is 5.74. The third-order valence-corrected chi connectivity index (χ3v) is 3.69. The number of rotatable bonds is 6. The van der Waals surface area contributed by atoms with Crippen LogP contribution in [0.25, 0.3) is 11.3 Å². The predicted octanol–water partition coefficient (Wildman–Crippen LogP) is 2.01. The van der Waals surface area contributed by atoms with E-state index >= 15 is 0 Å². The van der Waals surface area contributed by atoms with Gasteiger partial charge in [-0.25, -0.2) is 4.68 Å². The predicted molar refractivity (Wildman–Crippen MR) is 89.3 cm³/mol. The van der Waals surface area contributed by atoms with Gasteiger partial charge in [-0.1, -0.05) is 24.3 Å². The lowest BCUT2D eigenvalue weighted by molar-refractivity contribution is -0.136. The van der Waals surface area contributed by atoms with Crippen LogP contribution in [0, 0.1) is 11.3 Å². The number of hydrogen-bond acceptors (Lipinski definition) is 5. The van der Waals surface area contributed by atoms with Crippen LogP contribution in [0.5, 0.6) is 0 Å². The summed E-state index contributed by atoms with van der Waals surface area (Å²) in [5.41, 5.74) is 7.76. The molecule has 1 aromatic carbocycles. The highest BCUT2D eigenvalue weighted by atomic mass is 16.5. The number of methoxy groups -OCH3 is 1. The van der Waals surface area contributed by atoms with Crippen LogP contribution < -0.4 is 5.73 Å². The maximum Gasteiger partial charge on any atom is 0.307 e. The fourth-order valence-corrected chi connectivity index (χ4v) is 2.57. The van der Waals surface area contributed by atoms with E-state index in [-0.39, 0.29) is 12.2 Å². The Kier molecular flexibility index (Phi) is 4.90. The molecule has 3 N–H and O–H groups in total. The van der Waals surface area contributed by atoms with Gasteiger partial charge in [-0.05, 0) is 19.4 Å². The van der Waals surface area contributed by atoms with E-state index in [9.17, 15) is 10.1 Å². The van der Waals surface area contributed by atoms with Gasteiger partial charge in [0.2, 0.25) is 0 Å². The number of carboxylic acids is 1. The van der Waals surface area contributed by atoms with Crippen LogP contribution in [0.1, 0.15) is 25.0 Å². The maximum atomic E-state index is 10.8. The van der Waals surface area contributed by atoms with E-state index in [0.29, 0.717) is 29.0 Å². The van der Waals surface area contributed by atoms with E-state index in [0.717, 1.165) is 0 Å². The van der Waals surface area contributed by atoms with E-state index in [1.807, 2.05) is 13.8 Å². The third-order valence-electron chi connectivity index (χ3n) is 3.69. The molecule has 0 bridgehead atoms. The second-order valence-electron chi connectivity index (χ2n) is 6.15. The average molecular weight is 328 g/mol. The standard InChI is InChI=1S/C17H20N4O3/c1-17(2,10-24-3)21-16(19)13(9-18)15(20-21)12-6-4-11(5-7-12)8-14(22)23/h4-7H,8,10,19H2,1-3H3,(H,22,23). The smallest absolute Gasteiger partial charge is 0.307 e. The van der Waals surface area contributed by atoms with E-state index in [1.165, 1.54) is 0 Å². The molecule has 7 heteroatoms. The van der Waals surface area contributed by atoms with Gasteiger partial charge in [0.25, 0.3) is 0 Å². The Morgan fingerprint density at radius 2 is 2.04 bits per heavy atom. The number of aromatic nitrogens is 2. The van der Waals surface area contributed by atoms with Gasteiger partial charge in [-0.15, -0.1) is 0 Å². The van der Waals surface area contributed by atoms with Crippen molar-refractivity contribution >= 4 is 11.8 Å². The topological polar surface area (TPSA) is 114 Å². The molecular weight excluding hydrogens is 308 g/mol. The largest absolute Gasteiger partial charge is 0.481 e. The fourth-order valence-electron chi connectivity index (χ4n) is 2.57. The molecule has 0 unspecified atom stereocenters. The summed E-state index contributed by atoms with van der Waals surface area (Å²) < 4.78 is 6.80. The Balaban J connectivity index is 2.47. The normalized spacial score (nSPS) is 11.2. The van der Waals surface area contributed by atoms with E-state index in [1.54, 1.807) is 36.1 Å². The number of anilines is 1. The molecule has 0 amide bonds. The SMILES string of the molecule is COCC(C)(C)n1nc(-c2ccc(CC(=O)O)cc2)c(C#N)c1N. The molecule has 0 saturated heterocycles. The molecule has 0 aliphatic rings. The number of carboxylic acid groups (broad SMARTS) is 1. The molecule has 24 heavy (non-hydrogen) atoms. The first kappa shape index (κ1) is 17.5. The molecule has 1 heterocycles. The van der Waals surface area contributed by atoms with Crippen LogP contribution in [0.15, 0.2) is 24.3 Å². The fraction of sp³-hybridized carbons (Fsp3) is 0.353. The molecule has 0 fully saturated rings. The number of hydrogen-bond donors (Lipinski definition) is 2. The highest BCUT2D eigenvalue weighted by Gasteiger charge is 2.28. The number of nitriles is 1. The van der Waals surface area contributed by atoms with E-state index in [4.69, 9.17) is 15.6 Å². The zero-order valence-electron chi connectivity index (χ0n) is 13.9.